The largest absolute Gasteiger partial charge is 0.493 e. The van der Waals surface area contributed by atoms with Gasteiger partial charge in [-0.15, -0.1) is 61.8 Å². The Balaban J connectivity index is 0.432. The van der Waals surface area contributed by atoms with Crippen LogP contribution in [0.1, 0.15) is 79.5 Å². The monoisotopic (exact) mass is 2200 g/mol. The number of nitrogens with one attached hydrogen (secondary N) is 2. The second kappa shape index (κ2) is 71.1. The molecule has 1 aliphatic heterocycles. The van der Waals surface area contributed by atoms with E-state index in [0.717, 1.165) is 45.4 Å². The quantitative estimate of drug-likeness (QED) is 0.00680. The number of thiophene rings is 5. The number of sulfone groups is 1. The first-order valence-corrected chi connectivity index (χ1v) is 53.5. The zero-order chi connectivity index (χ0) is 105. The van der Waals surface area contributed by atoms with Gasteiger partial charge in [-0.05, 0) is 69.4 Å². The summed E-state index contributed by atoms with van der Waals surface area (Å²) in [6, 6.07) is 4.74. The first kappa shape index (κ1) is 123. The minimum atomic E-state index is -3.76. The zero-order valence-electron chi connectivity index (χ0n) is 83.4. The highest BCUT2D eigenvalue weighted by Crippen LogP contribution is 2.59. The average molecular weight is 2200 g/mol. The summed E-state index contributed by atoms with van der Waals surface area (Å²) in [6.07, 6.45) is 0.896. The fraction of sp³-hybridized carbons (Fsp3) is 0.642. The minimum absolute atomic E-state index is 0.0449. The number of aromatic nitrogens is 3. The number of hydrogen-bond donors (Lipinski definition) is 2. The number of halogens is 5. The predicted molar refractivity (Wildman–Crippen MR) is 529 cm³/mol. The summed E-state index contributed by atoms with van der Waals surface area (Å²) in [5.74, 6) is -13.4. The van der Waals surface area contributed by atoms with Gasteiger partial charge < -0.3 is 139 Å². The number of aryl methyl sites for hydroxylation is 2. The maximum atomic E-state index is 13.9. The van der Waals surface area contributed by atoms with Crippen molar-refractivity contribution in [1.29, 1.82) is 5.26 Å². The fourth-order valence-corrected chi connectivity index (χ4v) is 23.8. The van der Waals surface area contributed by atoms with Gasteiger partial charge in [0.05, 0.1) is 392 Å². The van der Waals surface area contributed by atoms with Crippen LogP contribution in [0.25, 0.3) is 38.3 Å². The average Bonchev–Trinajstić information content (AvgIpc) is 1.53. The Labute approximate surface area is 869 Å². The molecule has 822 valence electrons. The molecule has 2 N–H and O–H groups in total. The molecule has 0 radical (unpaired) electrons. The number of nitrogens with zero attached hydrogens (tertiary/aromatic N) is 5. The Morgan fingerprint density at radius 3 is 1.18 bits per heavy atom. The normalized spacial score (nSPS) is 12.5. The smallest absolute Gasteiger partial charge is 0.328 e. The summed E-state index contributed by atoms with van der Waals surface area (Å²) >= 11 is 7.76. The molecule has 0 spiro atoms. The molecule has 0 bridgehead atoms. The van der Waals surface area contributed by atoms with Crippen molar-refractivity contribution in [3.8, 4) is 37.1 Å². The molecule has 147 heavy (non-hydrogen) atoms. The third-order valence-electron chi connectivity index (χ3n) is 21.1. The fourth-order valence-electron chi connectivity index (χ4n) is 13.7. The van der Waals surface area contributed by atoms with Crippen LogP contribution in [-0.4, -0.2) is 377 Å². The molecule has 41 nitrogen and oxygen atoms in total. The highest BCUT2D eigenvalue weighted by atomic mass is 32.2. The first-order valence-electron chi connectivity index (χ1n) is 47.9. The number of ether oxygens (including phenoxy) is 27. The topological polar surface area (TPSA) is 456 Å². The molecule has 1 atom stereocenters. The lowest BCUT2D eigenvalue weighted by Crippen LogP contribution is -2.30. The summed E-state index contributed by atoms with van der Waals surface area (Å²) in [5, 5.41) is 35.1. The van der Waals surface area contributed by atoms with Gasteiger partial charge in [-0.25, -0.2) is 35.1 Å². The molecular weight excluding hydrogens is 2070 g/mol. The number of rotatable bonds is 89. The van der Waals surface area contributed by atoms with E-state index in [9.17, 15) is 60.1 Å². The van der Waals surface area contributed by atoms with Crippen molar-refractivity contribution >= 4 is 109 Å². The van der Waals surface area contributed by atoms with Gasteiger partial charge in [0.25, 0.3) is 11.6 Å². The van der Waals surface area contributed by atoms with Crippen LogP contribution in [0.2, 0.25) is 0 Å². The van der Waals surface area contributed by atoms with Crippen LogP contribution in [0.15, 0.2) is 28.1 Å². The van der Waals surface area contributed by atoms with E-state index >= 15 is 0 Å². The van der Waals surface area contributed by atoms with Gasteiger partial charge in [-0.2, -0.15) is 5.26 Å². The van der Waals surface area contributed by atoms with Crippen molar-refractivity contribution < 1.29 is 178 Å². The van der Waals surface area contributed by atoms with Crippen molar-refractivity contribution in [2.75, 3.05) is 331 Å². The Kier molecular flexibility index (Phi) is 59.3. The van der Waals surface area contributed by atoms with Crippen molar-refractivity contribution in [2.24, 2.45) is 0 Å². The molecule has 0 saturated heterocycles. The van der Waals surface area contributed by atoms with Gasteiger partial charge in [0.2, 0.25) is 21.6 Å². The number of nitriles is 1. The second-order valence-electron chi connectivity index (χ2n) is 31.6. The van der Waals surface area contributed by atoms with Gasteiger partial charge in [-0.3, -0.25) is 24.5 Å². The maximum absolute atomic E-state index is 13.9. The number of fused-ring (bicyclic) bond motifs is 6. The number of hydrogen-bond acceptors (Lipinski definition) is 42. The van der Waals surface area contributed by atoms with E-state index < -0.39 is 67.4 Å². The molecule has 0 saturated carbocycles. The van der Waals surface area contributed by atoms with Gasteiger partial charge in [0.1, 0.15) is 34.9 Å². The molecule has 1 aliphatic rings. The van der Waals surface area contributed by atoms with E-state index in [4.69, 9.17) is 128 Å². The molecule has 6 aromatic heterocycles. The number of carbonyl (C=O) groups excluding carboxylic acids is 3. The SMILES string of the molecule is COc1cc(C(C)OC(=O)Cn2cc(COCc3sc4c(sc5c(C)c(-c6sc7c(c6C)S(=O)(=O)c6c-7sc(C#N)c6C)sc54)c3C)nn2)c([N+](=O)[O-])cc1OCCCC(=O)NCCOCCOCCOCCOCCOCCOCCOCCOCCOCCOCCOCCOCCOCCOCCOCCOCCOCCOCCOCCOCCOCCOCCOCCNC(=O)c1c(F)c(F)c(F)c(F)c1F. The van der Waals surface area contributed by atoms with E-state index in [1.54, 1.807) is 47.1 Å². The summed E-state index contributed by atoms with van der Waals surface area (Å²) < 4.78 is 251. The lowest BCUT2D eigenvalue weighted by atomic mass is 10.1. The number of benzene rings is 2. The number of carbonyl (C=O) groups is 3. The Morgan fingerprint density at radius 2 is 0.789 bits per heavy atom. The van der Waals surface area contributed by atoms with Gasteiger partial charge in [0.15, 0.2) is 34.8 Å². The van der Waals surface area contributed by atoms with Crippen molar-refractivity contribution in [1.82, 2.24) is 25.6 Å². The van der Waals surface area contributed by atoms with E-state index in [-0.39, 0.29) is 106 Å². The predicted octanol–water partition coefficient (Wildman–Crippen LogP) is 11.2. The van der Waals surface area contributed by atoms with Crippen LogP contribution in [0.4, 0.5) is 27.6 Å². The lowest BCUT2D eigenvalue weighted by molar-refractivity contribution is -0.386. The summed E-state index contributed by atoms with van der Waals surface area (Å²) in [7, 11) is -2.38. The van der Waals surface area contributed by atoms with Crippen molar-refractivity contribution in [3.63, 3.8) is 0 Å². The molecule has 52 heteroatoms. The van der Waals surface area contributed by atoms with Crippen LogP contribution in [0, 0.1) is 78.2 Å². The van der Waals surface area contributed by atoms with E-state index in [1.165, 1.54) is 58.2 Å². The Morgan fingerprint density at radius 1 is 0.429 bits per heavy atom. The third kappa shape index (κ3) is 42.3. The number of esters is 1. The number of methoxy groups -OCH3 is 1. The van der Waals surface area contributed by atoms with Crippen LogP contribution >= 0.6 is 56.7 Å². The third-order valence-corrected chi connectivity index (χ3v) is 30.6. The summed E-state index contributed by atoms with van der Waals surface area (Å²) in [4.78, 5) is 54.8. The zero-order valence-corrected chi connectivity index (χ0v) is 88.3. The number of amides is 2. The Hall–Kier alpha value is -7.86. The van der Waals surface area contributed by atoms with E-state index in [0.29, 0.717) is 315 Å². The van der Waals surface area contributed by atoms with Crippen molar-refractivity contribution in [3.05, 3.63) is 106 Å². The lowest BCUT2D eigenvalue weighted by Gasteiger charge is -2.17. The number of nitro benzene ring substituents is 1. The highest BCUT2D eigenvalue weighted by Gasteiger charge is 2.43. The molecule has 9 rings (SSSR count). The number of nitro groups is 1. The molecule has 0 fully saturated rings. The first-order chi connectivity index (χ1) is 71.6. The molecule has 0 aliphatic carbocycles. The summed E-state index contributed by atoms with van der Waals surface area (Å²) in [6.45, 7) is 27.2. The minimum Gasteiger partial charge on any atom is -0.493 e. The van der Waals surface area contributed by atoms with Crippen LogP contribution < -0.4 is 20.1 Å². The van der Waals surface area contributed by atoms with Gasteiger partial charge in [-0.1, -0.05) is 5.21 Å². The molecule has 7 heterocycles. The second-order valence-corrected chi connectivity index (χ2v) is 38.6. The van der Waals surface area contributed by atoms with Crippen molar-refractivity contribution in [2.45, 2.75) is 83.1 Å². The Bertz CT molecular complexity index is 5350. The van der Waals surface area contributed by atoms with Crippen LogP contribution in [0.3, 0.4) is 0 Å². The van der Waals surface area contributed by atoms with Gasteiger partial charge >= 0.3 is 5.97 Å². The van der Waals surface area contributed by atoms with Crippen LogP contribution in [0.5, 0.6) is 11.5 Å². The van der Waals surface area contributed by atoms with Gasteiger partial charge in [0, 0.05) is 34.1 Å². The van der Waals surface area contributed by atoms with Crippen LogP contribution in [-0.2, 0) is 158 Å². The molecule has 2 amide bonds. The molecule has 2 aromatic carbocycles. The molecule has 8 aromatic rings. The molecular formula is C95H132F5N7O34S6. The summed E-state index contributed by atoms with van der Waals surface area (Å²) in [5.41, 5.74) is 2.08. The molecule has 1 unspecified atom stereocenters. The maximum Gasteiger partial charge on any atom is 0.328 e. The van der Waals surface area contributed by atoms with E-state index in [2.05, 4.69) is 35.5 Å². The standard InChI is InChI=1S/C95H132F5N7O34S6/c1-65-76(143-89-85(65)144-87-67(3)86(145-90(87)89)88-68(4)94-92(146-88)91-93(147(94,113)114)66(2)75(60-101)142-91)64-139-63-70-61-106(105-104-70)62-78(109)141-69(5)71-58-73(115-6)74(59-72(71)107(111)112)140-11-7-8-77(108)102-9-12-116-14-16-118-18-20-120-22-24-122-26-28-124-30-32-126-34-36-128-38-40-130-42-44-132-46-48-134-50-52-136-54-56-138-57-55-137-53-51-135-49-47-133-45-43-131-41-39-129-37-35-127-33-31-125-29-27-123-25-23-121-21-19-119-17-15-117-13-10-103-95(110)79-80(96)82(98)84(100)83(99)81(79)97/h58-59,61,69H,7-57,62-64H2,1-6H3,(H,102,108)(H,103,110). The highest BCUT2D eigenvalue weighted by molar-refractivity contribution is 7.92. The van der Waals surface area contributed by atoms with E-state index in [1.807, 2.05) is 12.2 Å².